The van der Waals surface area contributed by atoms with Gasteiger partial charge in [-0.3, -0.25) is 0 Å². The van der Waals surface area contributed by atoms with Crippen molar-refractivity contribution in [3.63, 3.8) is 0 Å². The second-order valence-electron chi connectivity index (χ2n) is 3.41. The van der Waals surface area contributed by atoms with Crippen molar-refractivity contribution in [3.05, 3.63) is 23.3 Å². The minimum Gasteiger partial charge on any atom is -0.459 e. The smallest absolute Gasteiger partial charge is 0.218 e. The van der Waals surface area contributed by atoms with Crippen LogP contribution in [0.1, 0.15) is 11.1 Å². The third-order valence-corrected chi connectivity index (χ3v) is 3.03. The maximum Gasteiger partial charge on any atom is 0.218 e. The van der Waals surface area contributed by atoms with Crippen molar-refractivity contribution >= 4 is 18.3 Å². The highest BCUT2D eigenvalue weighted by molar-refractivity contribution is 7.80. The first-order valence-corrected chi connectivity index (χ1v) is 4.80. The molecule has 0 amide bonds. The summed E-state index contributed by atoms with van der Waals surface area (Å²) in [5.41, 5.74) is 3.59. The van der Waals surface area contributed by atoms with E-state index in [1.54, 1.807) is 0 Å². The quantitative estimate of drug-likeness (QED) is 0.638. The number of rotatable bonds is 0. The molecule has 0 N–H and O–H groups in total. The third kappa shape index (κ3) is 1.18. The Balaban J connectivity index is 2.59. The highest BCUT2D eigenvalue weighted by atomic mass is 32.1. The number of thiol groups is 1. The van der Waals surface area contributed by atoms with E-state index in [-0.39, 0.29) is 5.56 Å². The van der Waals surface area contributed by atoms with E-state index in [0.717, 1.165) is 5.75 Å². The van der Waals surface area contributed by atoms with Crippen LogP contribution in [-0.4, -0.2) is 12.6 Å². The van der Waals surface area contributed by atoms with Crippen LogP contribution in [0, 0.1) is 13.8 Å². The van der Waals surface area contributed by atoms with Gasteiger partial charge in [-0.05, 0) is 31.0 Å². The molecular weight excluding hydrogens is 182 g/mol. The maximum atomic E-state index is 5.54. The molecule has 13 heavy (non-hydrogen) atoms. The van der Waals surface area contributed by atoms with Crippen LogP contribution < -0.4 is 9.64 Å². The Hall–Kier alpha value is -0.830. The lowest BCUT2D eigenvalue weighted by Crippen LogP contribution is -2.25. The van der Waals surface area contributed by atoms with Gasteiger partial charge in [0, 0.05) is 7.05 Å². The fourth-order valence-corrected chi connectivity index (χ4v) is 1.84. The first kappa shape index (κ1) is 8.75. The van der Waals surface area contributed by atoms with Crippen LogP contribution in [-0.2, 0) is 0 Å². The molecule has 2 rings (SSSR count). The Morgan fingerprint density at radius 2 is 2.08 bits per heavy atom. The van der Waals surface area contributed by atoms with Gasteiger partial charge in [0.15, 0.2) is 0 Å². The van der Waals surface area contributed by atoms with Crippen molar-refractivity contribution in [1.29, 1.82) is 0 Å². The van der Waals surface area contributed by atoms with E-state index in [0.29, 0.717) is 0 Å². The molecule has 1 aliphatic rings. The Kier molecular flexibility index (Phi) is 1.91. The lowest BCUT2D eigenvalue weighted by molar-refractivity contribution is 0.321. The van der Waals surface area contributed by atoms with E-state index in [1.165, 1.54) is 16.8 Å². The Bertz CT molecular complexity index is 351. The first-order valence-electron chi connectivity index (χ1n) is 4.29. The zero-order chi connectivity index (χ0) is 9.59. The topological polar surface area (TPSA) is 12.5 Å². The predicted molar refractivity (Wildman–Crippen MR) is 57.7 cm³/mol. The number of benzene rings is 1. The van der Waals surface area contributed by atoms with Crippen molar-refractivity contribution in [2.24, 2.45) is 0 Å². The van der Waals surface area contributed by atoms with Crippen LogP contribution in [0.4, 0.5) is 5.69 Å². The lowest BCUT2D eigenvalue weighted by Gasteiger charge is -2.16. The highest BCUT2D eigenvalue weighted by Crippen LogP contribution is 2.40. The molecule has 70 valence electrons. The summed E-state index contributed by atoms with van der Waals surface area (Å²) in [7, 11) is 2.00. The molecule has 2 nitrogen and oxygen atoms in total. The summed E-state index contributed by atoms with van der Waals surface area (Å²) >= 11 is 4.32. The largest absolute Gasteiger partial charge is 0.459 e. The lowest BCUT2D eigenvalue weighted by atomic mass is 10.1. The molecule has 0 aromatic heterocycles. The molecule has 1 aromatic rings. The third-order valence-electron chi connectivity index (χ3n) is 2.58. The fourth-order valence-electron chi connectivity index (χ4n) is 1.61. The fraction of sp³-hybridized carbons (Fsp3) is 0.400. The van der Waals surface area contributed by atoms with Crippen LogP contribution >= 0.6 is 12.6 Å². The standard InChI is InChI=1S/C10H13NOS/c1-6-4-5-8-9(7(6)2)11(3)10(13)12-8/h4-5,10,13H,1-3H3. The number of aryl methyl sites for hydroxylation is 1. The van der Waals surface area contributed by atoms with Crippen LogP contribution in [0.25, 0.3) is 0 Å². The molecule has 1 heterocycles. The summed E-state index contributed by atoms with van der Waals surface area (Å²) in [6.07, 6.45) is 0. The molecule has 0 aliphatic carbocycles. The molecule has 0 saturated heterocycles. The molecule has 1 aromatic carbocycles. The van der Waals surface area contributed by atoms with Crippen LogP contribution in [0.5, 0.6) is 5.75 Å². The number of anilines is 1. The molecule has 0 fully saturated rings. The Morgan fingerprint density at radius 1 is 1.38 bits per heavy atom. The molecule has 0 bridgehead atoms. The van der Waals surface area contributed by atoms with Gasteiger partial charge in [0.25, 0.3) is 0 Å². The second kappa shape index (κ2) is 2.84. The zero-order valence-electron chi connectivity index (χ0n) is 8.03. The van der Waals surface area contributed by atoms with E-state index in [4.69, 9.17) is 4.74 Å². The molecule has 3 heteroatoms. The van der Waals surface area contributed by atoms with Crippen molar-refractivity contribution in [3.8, 4) is 5.75 Å². The number of nitrogens with zero attached hydrogens (tertiary/aromatic N) is 1. The summed E-state index contributed by atoms with van der Waals surface area (Å²) in [5, 5.41) is 0. The summed E-state index contributed by atoms with van der Waals surface area (Å²) in [6.45, 7) is 4.22. The number of hydrogen-bond donors (Lipinski definition) is 1. The van der Waals surface area contributed by atoms with E-state index >= 15 is 0 Å². The summed E-state index contributed by atoms with van der Waals surface area (Å²) in [4.78, 5) is 2.04. The van der Waals surface area contributed by atoms with E-state index in [1.807, 2.05) is 18.0 Å². The summed E-state index contributed by atoms with van der Waals surface area (Å²) < 4.78 is 5.54. The molecule has 0 radical (unpaired) electrons. The van der Waals surface area contributed by atoms with Gasteiger partial charge in [0.2, 0.25) is 5.56 Å². The van der Waals surface area contributed by atoms with E-state index < -0.39 is 0 Å². The molecule has 1 unspecified atom stereocenters. The van der Waals surface area contributed by atoms with E-state index in [2.05, 4.69) is 32.5 Å². The van der Waals surface area contributed by atoms with Gasteiger partial charge in [-0.1, -0.05) is 6.07 Å². The maximum absolute atomic E-state index is 5.54. The van der Waals surface area contributed by atoms with Gasteiger partial charge in [0.05, 0.1) is 5.69 Å². The van der Waals surface area contributed by atoms with Gasteiger partial charge < -0.3 is 9.64 Å². The Morgan fingerprint density at radius 3 is 2.77 bits per heavy atom. The van der Waals surface area contributed by atoms with Crippen LogP contribution in [0.3, 0.4) is 0 Å². The van der Waals surface area contributed by atoms with Gasteiger partial charge >= 0.3 is 0 Å². The molecule has 1 aliphatic heterocycles. The van der Waals surface area contributed by atoms with E-state index in [9.17, 15) is 0 Å². The SMILES string of the molecule is Cc1ccc2c(c1C)N(C)C(S)O2. The minimum absolute atomic E-state index is 0.143. The van der Waals surface area contributed by atoms with Gasteiger partial charge in [-0.25, -0.2) is 0 Å². The number of hydrogen-bond acceptors (Lipinski definition) is 3. The Labute approximate surface area is 83.9 Å². The van der Waals surface area contributed by atoms with Gasteiger partial charge in [-0.2, -0.15) is 0 Å². The van der Waals surface area contributed by atoms with Crippen molar-refractivity contribution in [2.45, 2.75) is 19.4 Å². The highest BCUT2D eigenvalue weighted by Gasteiger charge is 2.26. The summed E-state index contributed by atoms with van der Waals surface area (Å²) in [5.74, 6) is 0.936. The minimum atomic E-state index is -0.143. The summed E-state index contributed by atoms with van der Waals surface area (Å²) in [6, 6.07) is 4.08. The predicted octanol–water partition coefficient (Wildman–Crippen LogP) is 2.35. The van der Waals surface area contributed by atoms with Gasteiger partial charge in [-0.15, -0.1) is 12.6 Å². The molecule has 1 atom stereocenters. The first-order chi connectivity index (χ1) is 6.11. The molecule has 0 spiro atoms. The average Bonchev–Trinajstić information content (AvgIpc) is 2.37. The second-order valence-corrected chi connectivity index (χ2v) is 3.85. The average molecular weight is 195 g/mol. The van der Waals surface area contributed by atoms with Crippen LogP contribution in [0.15, 0.2) is 12.1 Å². The van der Waals surface area contributed by atoms with Crippen molar-refractivity contribution < 1.29 is 4.74 Å². The monoisotopic (exact) mass is 195 g/mol. The van der Waals surface area contributed by atoms with Gasteiger partial charge in [0.1, 0.15) is 5.75 Å². The van der Waals surface area contributed by atoms with Crippen molar-refractivity contribution in [1.82, 2.24) is 0 Å². The number of fused-ring (bicyclic) bond motifs is 1. The normalized spacial score (nSPS) is 20.0. The van der Waals surface area contributed by atoms with Crippen molar-refractivity contribution in [2.75, 3.05) is 11.9 Å². The molecular formula is C10H13NOS. The zero-order valence-corrected chi connectivity index (χ0v) is 8.93. The number of ether oxygens (including phenoxy) is 1. The molecule has 0 saturated carbocycles. The van der Waals surface area contributed by atoms with Crippen LogP contribution in [0.2, 0.25) is 0 Å².